The monoisotopic (exact) mass is 502 g/mol. The van der Waals surface area contributed by atoms with Crippen LogP contribution in [0.25, 0.3) is 0 Å². The average molecular weight is 500 g/mol. The van der Waals surface area contributed by atoms with E-state index in [4.69, 9.17) is 0 Å². The van der Waals surface area contributed by atoms with Gasteiger partial charge in [-0.3, -0.25) is 0 Å². The topological polar surface area (TPSA) is 20.2 Å². The summed E-state index contributed by atoms with van der Waals surface area (Å²) >= 11 is 0.192. The van der Waals surface area contributed by atoms with Gasteiger partial charge in [0.05, 0.1) is 0 Å². The molecule has 4 aliphatic rings. The summed E-state index contributed by atoms with van der Waals surface area (Å²) in [6, 6.07) is 0. The summed E-state index contributed by atoms with van der Waals surface area (Å²) in [5.41, 5.74) is 1.15. The molecule has 9 atom stereocenters. The predicted molar refractivity (Wildman–Crippen MR) is 121 cm³/mol. The molecule has 4 aliphatic carbocycles. The Balaban J connectivity index is 1.45. The van der Waals surface area contributed by atoms with Crippen LogP contribution < -0.4 is 0 Å². The molecule has 0 unspecified atom stereocenters. The second-order valence-corrected chi connectivity index (χ2v) is 14.7. The quantitative estimate of drug-likeness (QED) is 0.243. The van der Waals surface area contributed by atoms with E-state index in [-0.39, 0.29) is 27.0 Å². The van der Waals surface area contributed by atoms with Crippen molar-refractivity contribution < 1.29 is 5.11 Å². The van der Waals surface area contributed by atoms with E-state index in [9.17, 15) is 5.11 Å². The number of rotatable bonds is 6. The van der Waals surface area contributed by atoms with Crippen LogP contribution in [-0.2, 0) is 0 Å². The van der Waals surface area contributed by atoms with E-state index in [1.807, 2.05) is 0 Å². The molecule has 4 fully saturated rings. The number of allylic oxidation sites excluding steroid dienone is 1. The summed E-state index contributed by atoms with van der Waals surface area (Å²) in [5, 5.41) is 10.2. The Labute approximate surface area is 184 Å². The fraction of sp³-hybridized carbons (Fsp3) is 0.923. The van der Waals surface area contributed by atoms with Gasteiger partial charge in [-0.2, -0.15) is 0 Å². The van der Waals surface area contributed by atoms with Gasteiger partial charge in [0.2, 0.25) is 0 Å². The van der Waals surface area contributed by atoms with Crippen molar-refractivity contribution >= 4 is 20.9 Å². The third kappa shape index (κ3) is 3.67. The first-order valence-corrected chi connectivity index (χ1v) is 15.6. The Kier molecular flexibility index (Phi) is 6.63. The summed E-state index contributed by atoms with van der Waals surface area (Å²) in [4.78, 5) is 0. The van der Waals surface area contributed by atoms with Gasteiger partial charge < -0.3 is 5.11 Å². The molecule has 0 spiro atoms. The molecule has 0 aromatic heterocycles. The van der Waals surface area contributed by atoms with Crippen LogP contribution in [-0.4, -0.2) is 32.1 Å². The summed E-state index contributed by atoms with van der Waals surface area (Å²) in [5.74, 6) is 5.64. The molecule has 1 N–H and O–H groups in total. The maximum absolute atomic E-state index is 10.2. The van der Waals surface area contributed by atoms with E-state index in [1.165, 1.54) is 60.3 Å². The maximum atomic E-state index is 10.2. The molecule has 0 saturated heterocycles. The average Bonchev–Trinajstić information content (AvgIpc) is 3.03. The summed E-state index contributed by atoms with van der Waals surface area (Å²) in [6.07, 6.45) is 15.9. The number of aliphatic hydroxyl groups is 1. The van der Waals surface area contributed by atoms with Crippen molar-refractivity contribution in [3.05, 3.63) is 12.7 Å². The number of hydrogen-bond acceptors (Lipinski definition) is 1. The molecule has 4 saturated carbocycles. The minimum absolute atomic E-state index is 0.00963. The third-order valence-corrected chi connectivity index (χ3v) is 13.2. The van der Waals surface area contributed by atoms with Gasteiger partial charge in [-0.1, -0.05) is 0 Å². The van der Waals surface area contributed by atoms with Crippen LogP contribution in [0.3, 0.4) is 0 Å². The molecule has 160 valence electrons. The number of hydrogen-bond donors (Lipinski definition) is 1. The first kappa shape index (κ1) is 21.7. The van der Waals surface area contributed by atoms with E-state index in [2.05, 4.69) is 33.4 Å². The molecule has 0 aromatic rings. The molecular weight excluding hydrogens is 456 g/mol. The molecule has 0 heterocycles. The van der Waals surface area contributed by atoms with Gasteiger partial charge in [-0.15, -0.1) is 0 Å². The van der Waals surface area contributed by atoms with Gasteiger partial charge in [0, 0.05) is 0 Å². The molecule has 2 heteroatoms. The van der Waals surface area contributed by atoms with Gasteiger partial charge in [0.25, 0.3) is 0 Å². The second kappa shape index (κ2) is 8.55. The van der Waals surface area contributed by atoms with Crippen molar-refractivity contribution in [2.24, 2.45) is 46.3 Å². The van der Waals surface area contributed by atoms with Crippen molar-refractivity contribution in [3.8, 4) is 0 Å². The van der Waals surface area contributed by atoms with E-state index in [1.54, 1.807) is 0 Å². The minimum atomic E-state index is -0.00963. The second-order valence-electron chi connectivity index (χ2n) is 11.4. The zero-order chi connectivity index (χ0) is 19.9. The Morgan fingerprint density at radius 1 is 1.04 bits per heavy atom. The van der Waals surface area contributed by atoms with Crippen LogP contribution in [0.5, 0.6) is 0 Å². The van der Waals surface area contributed by atoms with Gasteiger partial charge in [-0.05, 0) is 0 Å². The number of fused-ring (bicyclic) bond motifs is 5. The molecule has 28 heavy (non-hydrogen) atoms. The van der Waals surface area contributed by atoms with Crippen molar-refractivity contribution in [1.29, 1.82) is 0 Å². The molecule has 0 amide bonds. The van der Waals surface area contributed by atoms with Crippen molar-refractivity contribution in [2.45, 2.75) is 100 Å². The Morgan fingerprint density at radius 3 is 2.57 bits per heavy atom. The molecule has 1 nitrogen and oxygen atoms in total. The summed E-state index contributed by atoms with van der Waals surface area (Å²) < 4.78 is 2.84. The Bertz CT molecular complexity index is 561. The van der Waals surface area contributed by atoms with Crippen LogP contribution in [0, 0.1) is 46.3 Å². The Hall–Kier alpha value is 0.490. The van der Waals surface area contributed by atoms with Crippen LogP contribution in [0.15, 0.2) is 12.7 Å². The molecular formula is C26H44OTe. The first-order valence-electron chi connectivity index (χ1n) is 12.3. The third-order valence-electron chi connectivity index (χ3n) is 10.4. The van der Waals surface area contributed by atoms with E-state index in [0.717, 1.165) is 48.3 Å². The fourth-order valence-electron chi connectivity index (χ4n) is 8.85. The van der Waals surface area contributed by atoms with Crippen LogP contribution in [0.2, 0.25) is 8.94 Å². The summed E-state index contributed by atoms with van der Waals surface area (Å²) in [7, 11) is 0. The molecule has 4 rings (SSSR count). The fourth-order valence-corrected chi connectivity index (χ4v) is 11.3. The summed E-state index contributed by atoms with van der Waals surface area (Å²) in [6.45, 7) is 11.8. The predicted octanol–water partition coefficient (Wildman–Crippen LogP) is 6.76. The van der Waals surface area contributed by atoms with Crippen LogP contribution in [0.1, 0.15) is 85.0 Å². The number of aliphatic hydroxyl groups excluding tert-OH is 1. The van der Waals surface area contributed by atoms with Gasteiger partial charge >= 0.3 is 180 Å². The van der Waals surface area contributed by atoms with Gasteiger partial charge in [0.1, 0.15) is 0 Å². The molecule has 0 aliphatic heterocycles. The molecule has 0 aromatic carbocycles. The van der Waals surface area contributed by atoms with E-state index < -0.39 is 0 Å². The van der Waals surface area contributed by atoms with Gasteiger partial charge in [-0.25, -0.2) is 0 Å². The Morgan fingerprint density at radius 2 is 1.79 bits per heavy atom. The van der Waals surface area contributed by atoms with Crippen molar-refractivity contribution in [2.75, 3.05) is 0 Å². The SMILES string of the molecule is C=CC[Te]CC[C@@H](C)[C@H]1CC[C@H]2[C@@H]3CC[C@H]4C[C@@H](O)CC[C@]4(C)[C@H]3CC[C@]12C. The van der Waals surface area contributed by atoms with E-state index in [0.29, 0.717) is 10.8 Å². The molecule has 0 bridgehead atoms. The molecule has 0 radical (unpaired) electrons. The van der Waals surface area contributed by atoms with Crippen molar-refractivity contribution in [3.63, 3.8) is 0 Å². The standard InChI is InChI=1S/C26H44OTe/c1-5-15-28-16-12-18(2)22-8-9-23-21-7-6-19-17-20(27)10-13-25(19,3)24(21)11-14-26(22,23)4/h5,18-24,27H,1,6-17H2,2-4H3/t18-,19+,20+,21+,22-,23+,24+,25+,26-/m1/s1. The van der Waals surface area contributed by atoms with Crippen LogP contribution >= 0.6 is 0 Å². The van der Waals surface area contributed by atoms with Crippen molar-refractivity contribution in [1.82, 2.24) is 0 Å². The zero-order valence-electron chi connectivity index (χ0n) is 18.7. The zero-order valence-corrected chi connectivity index (χ0v) is 21.0. The van der Waals surface area contributed by atoms with Gasteiger partial charge in [0.15, 0.2) is 0 Å². The van der Waals surface area contributed by atoms with Crippen LogP contribution in [0.4, 0.5) is 0 Å². The first-order chi connectivity index (χ1) is 13.4. The normalized spacial score (nSPS) is 49.0. The van der Waals surface area contributed by atoms with E-state index >= 15 is 0 Å².